The van der Waals surface area contributed by atoms with Crippen LogP contribution in [0.15, 0.2) is 65.1 Å². The molecule has 0 saturated carbocycles. The summed E-state index contributed by atoms with van der Waals surface area (Å²) >= 11 is 0. The number of nitrogens with two attached hydrogens (primary N) is 1. The monoisotopic (exact) mass is 455 g/mol. The van der Waals surface area contributed by atoms with E-state index in [0.29, 0.717) is 5.57 Å². The standard InChI is InChI=1S/C11H13NO3S.C5H8O3.C5H8O2/c1-8-3-5-10(6-4-8)16(14,15)7-9(2)11(12)13;1-4(2-3-6)5(7)8;1-3-4(2)5(6)7/h3-6H,2,7H2,1H3,(H2,12,13);6H,1-3H2,(H,7,8);3H,1-2H3,(H,6,7). The van der Waals surface area contributed by atoms with Gasteiger partial charge in [0.1, 0.15) is 0 Å². The van der Waals surface area contributed by atoms with Gasteiger partial charge in [-0.05, 0) is 32.9 Å². The second kappa shape index (κ2) is 14.7. The van der Waals surface area contributed by atoms with E-state index in [1.54, 1.807) is 32.1 Å². The topological polar surface area (TPSA) is 172 Å². The average Bonchev–Trinajstić information content (AvgIpc) is 2.68. The molecule has 0 radical (unpaired) electrons. The van der Waals surface area contributed by atoms with Gasteiger partial charge in [0, 0.05) is 29.7 Å². The molecule has 0 aliphatic carbocycles. The number of carboxylic acid groups (broad SMARTS) is 2. The zero-order chi connectivity index (χ0) is 24.8. The van der Waals surface area contributed by atoms with Gasteiger partial charge in [-0.2, -0.15) is 0 Å². The molecule has 31 heavy (non-hydrogen) atoms. The number of rotatable bonds is 8. The van der Waals surface area contributed by atoms with Crippen molar-refractivity contribution >= 4 is 27.7 Å². The summed E-state index contributed by atoms with van der Waals surface area (Å²) < 4.78 is 23.6. The molecule has 1 amide bonds. The molecule has 0 heterocycles. The minimum absolute atomic E-state index is 0.0486. The van der Waals surface area contributed by atoms with Gasteiger partial charge in [-0.1, -0.05) is 36.9 Å². The Balaban J connectivity index is 0. The number of aryl methyl sites for hydroxylation is 1. The highest BCUT2D eigenvalue weighted by atomic mass is 32.2. The second-order valence-corrected chi connectivity index (χ2v) is 8.19. The van der Waals surface area contributed by atoms with Crippen LogP contribution in [0.1, 0.15) is 25.8 Å². The maximum Gasteiger partial charge on any atom is 0.331 e. The van der Waals surface area contributed by atoms with E-state index in [0.717, 1.165) is 5.56 Å². The van der Waals surface area contributed by atoms with Crippen LogP contribution >= 0.6 is 0 Å². The van der Waals surface area contributed by atoms with Crippen LogP contribution in [0, 0.1) is 6.92 Å². The third kappa shape index (κ3) is 13.6. The molecule has 1 rings (SSSR count). The summed E-state index contributed by atoms with van der Waals surface area (Å²) in [7, 11) is -3.52. The Morgan fingerprint density at radius 3 is 1.77 bits per heavy atom. The number of aliphatic carboxylic acids is 2. The fraction of sp³-hybridized carbons (Fsp3) is 0.286. The SMILES string of the molecule is C=C(CCO)C(=O)O.C=C(CS(=O)(=O)c1ccc(C)cc1)C(N)=O.CC=C(C)C(=O)O. The first-order valence-electron chi connectivity index (χ1n) is 8.84. The molecular formula is C21H29NO8S. The Bertz CT molecular complexity index is 929. The van der Waals surface area contributed by atoms with Gasteiger partial charge in [0.05, 0.1) is 10.6 Å². The zero-order valence-electron chi connectivity index (χ0n) is 17.8. The van der Waals surface area contributed by atoms with Crippen LogP contribution in [0.4, 0.5) is 0 Å². The van der Waals surface area contributed by atoms with Gasteiger partial charge < -0.3 is 21.1 Å². The van der Waals surface area contributed by atoms with E-state index >= 15 is 0 Å². The molecule has 5 N–H and O–H groups in total. The molecular weight excluding hydrogens is 426 g/mol. The molecule has 0 aliphatic rings. The Morgan fingerprint density at radius 2 is 1.52 bits per heavy atom. The average molecular weight is 456 g/mol. The van der Waals surface area contributed by atoms with Gasteiger partial charge in [-0.25, -0.2) is 18.0 Å². The first-order chi connectivity index (χ1) is 14.2. The van der Waals surface area contributed by atoms with Crippen molar-refractivity contribution in [3.8, 4) is 0 Å². The molecule has 9 nitrogen and oxygen atoms in total. The number of amides is 1. The van der Waals surface area contributed by atoms with E-state index in [1.807, 2.05) is 6.92 Å². The molecule has 10 heteroatoms. The lowest BCUT2D eigenvalue weighted by Gasteiger charge is -2.04. The van der Waals surface area contributed by atoms with Gasteiger partial charge in [0.25, 0.3) is 0 Å². The lowest BCUT2D eigenvalue weighted by atomic mass is 10.2. The molecule has 0 saturated heterocycles. The molecule has 0 unspecified atom stereocenters. The van der Waals surface area contributed by atoms with Crippen molar-refractivity contribution in [2.45, 2.75) is 32.1 Å². The quantitative estimate of drug-likeness (QED) is 0.430. The highest BCUT2D eigenvalue weighted by Crippen LogP contribution is 2.14. The summed E-state index contributed by atoms with van der Waals surface area (Å²) in [4.78, 5) is 30.6. The maximum absolute atomic E-state index is 11.8. The van der Waals surface area contributed by atoms with E-state index in [9.17, 15) is 22.8 Å². The minimum Gasteiger partial charge on any atom is -0.478 e. The molecule has 0 bridgehead atoms. The highest BCUT2D eigenvalue weighted by Gasteiger charge is 2.17. The Hall–Kier alpha value is -3.24. The molecule has 0 fully saturated rings. The summed E-state index contributed by atoms with van der Waals surface area (Å²) in [5.41, 5.74) is 6.23. The molecule has 172 valence electrons. The number of benzene rings is 1. The van der Waals surface area contributed by atoms with Crippen LogP contribution in [0.25, 0.3) is 0 Å². The van der Waals surface area contributed by atoms with Crippen molar-refractivity contribution in [2.75, 3.05) is 12.4 Å². The number of hydrogen-bond acceptors (Lipinski definition) is 6. The van der Waals surface area contributed by atoms with E-state index in [1.165, 1.54) is 12.1 Å². The largest absolute Gasteiger partial charge is 0.478 e. The summed E-state index contributed by atoms with van der Waals surface area (Å²) in [6, 6.07) is 6.39. The Labute approximate surface area is 182 Å². The maximum atomic E-state index is 11.8. The number of allylic oxidation sites excluding steroid dienone is 1. The first kappa shape index (κ1) is 30.0. The number of sulfone groups is 1. The Morgan fingerprint density at radius 1 is 1.03 bits per heavy atom. The van der Waals surface area contributed by atoms with Crippen molar-refractivity contribution in [3.05, 3.63) is 65.8 Å². The van der Waals surface area contributed by atoms with E-state index in [2.05, 4.69) is 13.2 Å². The normalized spacial score (nSPS) is 10.5. The molecule has 1 aromatic rings. The van der Waals surface area contributed by atoms with E-state index < -0.39 is 33.4 Å². The van der Waals surface area contributed by atoms with Crippen molar-refractivity contribution in [1.82, 2.24) is 0 Å². The number of aliphatic hydroxyl groups is 1. The summed E-state index contributed by atoms with van der Waals surface area (Å²) in [6.45, 7) is 11.5. The third-order valence-corrected chi connectivity index (χ3v) is 5.30. The predicted octanol–water partition coefficient (Wildman–Crippen LogP) is 1.86. The van der Waals surface area contributed by atoms with Gasteiger partial charge >= 0.3 is 11.9 Å². The van der Waals surface area contributed by atoms with Gasteiger partial charge in [0.15, 0.2) is 9.84 Å². The Kier molecular flexibility index (Phi) is 14.2. The number of carbonyl (C=O) groups is 3. The first-order valence-corrected chi connectivity index (χ1v) is 10.5. The zero-order valence-corrected chi connectivity index (χ0v) is 18.6. The molecule has 0 aliphatic heterocycles. The van der Waals surface area contributed by atoms with Crippen LogP contribution in [-0.4, -0.2) is 53.9 Å². The minimum atomic E-state index is -3.52. The highest BCUT2D eigenvalue weighted by molar-refractivity contribution is 7.91. The van der Waals surface area contributed by atoms with Crippen LogP contribution in [0.5, 0.6) is 0 Å². The van der Waals surface area contributed by atoms with Crippen molar-refractivity contribution in [1.29, 1.82) is 0 Å². The lowest BCUT2D eigenvalue weighted by Crippen LogP contribution is -2.20. The van der Waals surface area contributed by atoms with E-state index in [-0.39, 0.29) is 29.1 Å². The summed E-state index contributed by atoms with van der Waals surface area (Å²) in [5, 5.41) is 24.4. The van der Waals surface area contributed by atoms with Crippen molar-refractivity contribution < 1.29 is 38.1 Å². The summed E-state index contributed by atoms with van der Waals surface area (Å²) in [6.07, 6.45) is 1.71. The number of aliphatic hydroxyl groups excluding tert-OH is 1. The summed E-state index contributed by atoms with van der Waals surface area (Å²) in [5.74, 6) is -3.12. The van der Waals surface area contributed by atoms with Crippen molar-refractivity contribution in [2.24, 2.45) is 5.73 Å². The molecule has 1 aromatic carbocycles. The molecule has 0 spiro atoms. The molecule has 0 atom stereocenters. The number of hydrogen-bond donors (Lipinski definition) is 4. The third-order valence-electron chi connectivity index (χ3n) is 3.58. The van der Waals surface area contributed by atoms with Gasteiger partial charge in [0.2, 0.25) is 5.91 Å². The predicted molar refractivity (Wildman–Crippen MR) is 117 cm³/mol. The molecule has 0 aromatic heterocycles. The number of carbonyl (C=O) groups excluding carboxylic acids is 1. The van der Waals surface area contributed by atoms with E-state index in [4.69, 9.17) is 21.1 Å². The second-order valence-electron chi connectivity index (χ2n) is 6.20. The van der Waals surface area contributed by atoms with Crippen molar-refractivity contribution in [3.63, 3.8) is 0 Å². The fourth-order valence-corrected chi connectivity index (χ4v) is 2.81. The van der Waals surface area contributed by atoms with Gasteiger partial charge in [-0.15, -0.1) is 0 Å². The smallest absolute Gasteiger partial charge is 0.331 e. The fourth-order valence-electron chi connectivity index (χ4n) is 1.49. The lowest BCUT2D eigenvalue weighted by molar-refractivity contribution is -0.133. The van der Waals surface area contributed by atoms with Crippen LogP contribution in [-0.2, 0) is 24.2 Å². The van der Waals surface area contributed by atoms with Crippen LogP contribution in [0.2, 0.25) is 0 Å². The van der Waals surface area contributed by atoms with Gasteiger partial charge in [-0.3, -0.25) is 4.79 Å². The van der Waals surface area contributed by atoms with Crippen LogP contribution < -0.4 is 5.73 Å². The number of carboxylic acids is 2. The number of primary amides is 1. The van der Waals surface area contributed by atoms with Crippen LogP contribution in [0.3, 0.4) is 0 Å².